The SMILES string of the molecule is C=C(C)/C(C)=C(\C(C)=CC)C1=CC=CCC1. The number of rotatable bonds is 3. The molecule has 1 aliphatic carbocycles. The van der Waals surface area contributed by atoms with Gasteiger partial charge in [-0.2, -0.15) is 0 Å². The highest BCUT2D eigenvalue weighted by atomic mass is 14.2. The van der Waals surface area contributed by atoms with Crippen LogP contribution in [-0.2, 0) is 0 Å². The van der Waals surface area contributed by atoms with E-state index in [0.717, 1.165) is 18.4 Å². The summed E-state index contributed by atoms with van der Waals surface area (Å²) in [7, 11) is 0. The minimum Gasteiger partial charge on any atom is -0.0958 e. The second-order valence-corrected chi connectivity index (χ2v) is 4.41. The van der Waals surface area contributed by atoms with Gasteiger partial charge in [0.25, 0.3) is 0 Å². The minimum absolute atomic E-state index is 1.14. The lowest BCUT2D eigenvalue weighted by molar-refractivity contribution is 0.963. The average Bonchev–Trinajstić information content (AvgIpc) is 2.30. The van der Waals surface area contributed by atoms with Crippen LogP contribution in [0.25, 0.3) is 0 Å². The van der Waals surface area contributed by atoms with Crippen LogP contribution in [0.1, 0.15) is 40.5 Å². The van der Waals surface area contributed by atoms with Crippen molar-refractivity contribution >= 4 is 0 Å². The lowest BCUT2D eigenvalue weighted by Crippen LogP contribution is -1.99. The molecule has 0 aliphatic heterocycles. The van der Waals surface area contributed by atoms with E-state index in [-0.39, 0.29) is 0 Å². The maximum absolute atomic E-state index is 4.06. The summed E-state index contributed by atoms with van der Waals surface area (Å²) in [5.74, 6) is 0. The predicted octanol–water partition coefficient (Wildman–Crippen LogP) is 5.12. The summed E-state index contributed by atoms with van der Waals surface area (Å²) in [6.45, 7) is 12.6. The highest BCUT2D eigenvalue weighted by molar-refractivity contribution is 5.54. The van der Waals surface area contributed by atoms with Gasteiger partial charge < -0.3 is 0 Å². The molecule has 16 heavy (non-hydrogen) atoms. The van der Waals surface area contributed by atoms with Gasteiger partial charge in [0.15, 0.2) is 0 Å². The second-order valence-electron chi connectivity index (χ2n) is 4.41. The molecule has 0 aromatic rings. The molecule has 0 spiro atoms. The Kier molecular flexibility index (Phi) is 4.54. The lowest BCUT2D eigenvalue weighted by atomic mass is 9.87. The maximum atomic E-state index is 4.06. The van der Waals surface area contributed by atoms with Crippen LogP contribution in [-0.4, -0.2) is 0 Å². The molecule has 0 amide bonds. The molecule has 0 nitrogen and oxygen atoms in total. The van der Waals surface area contributed by atoms with Crippen molar-refractivity contribution in [3.8, 4) is 0 Å². The van der Waals surface area contributed by atoms with E-state index in [1.807, 2.05) is 0 Å². The van der Waals surface area contributed by atoms with E-state index in [4.69, 9.17) is 0 Å². The van der Waals surface area contributed by atoms with Crippen molar-refractivity contribution in [3.05, 3.63) is 58.7 Å². The first-order valence-electron chi connectivity index (χ1n) is 5.94. The average molecular weight is 214 g/mol. The molecule has 0 radical (unpaired) electrons. The highest BCUT2D eigenvalue weighted by Crippen LogP contribution is 2.30. The maximum Gasteiger partial charge on any atom is -0.0167 e. The van der Waals surface area contributed by atoms with E-state index in [2.05, 4.69) is 58.6 Å². The standard InChI is InChI=1S/C16H22/c1-6-13(4)16(14(5)12(2)3)15-10-8-7-9-11-15/h6-8,10H,2,9,11H2,1,3-5H3/b13-6?,16-14+. The minimum atomic E-state index is 1.14. The summed E-state index contributed by atoms with van der Waals surface area (Å²) >= 11 is 0. The van der Waals surface area contributed by atoms with Gasteiger partial charge in [-0.05, 0) is 62.8 Å². The topological polar surface area (TPSA) is 0 Å². The molecule has 0 fully saturated rings. The first-order valence-corrected chi connectivity index (χ1v) is 5.94. The summed E-state index contributed by atoms with van der Waals surface area (Å²) < 4.78 is 0. The summed E-state index contributed by atoms with van der Waals surface area (Å²) in [6.07, 6.45) is 11.1. The molecule has 0 heteroatoms. The molecule has 86 valence electrons. The van der Waals surface area contributed by atoms with E-state index in [1.165, 1.54) is 22.3 Å². The molecule has 1 aliphatic rings. The lowest BCUT2D eigenvalue weighted by Gasteiger charge is -2.18. The third kappa shape index (κ3) is 2.85. The third-order valence-electron chi connectivity index (χ3n) is 3.18. The third-order valence-corrected chi connectivity index (χ3v) is 3.18. The molecule has 0 atom stereocenters. The van der Waals surface area contributed by atoms with Crippen LogP contribution in [0.5, 0.6) is 0 Å². The smallest absolute Gasteiger partial charge is 0.0167 e. The largest absolute Gasteiger partial charge is 0.0958 e. The van der Waals surface area contributed by atoms with Crippen LogP contribution < -0.4 is 0 Å². The predicted molar refractivity (Wildman–Crippen MR) is 73.4 cm³/mol. The Morgan fingerprint density at radius 3 is 2.44 bits per heavy atom. The molecule has 1 rings (SSSR count). The summed E-state index contributed by atoms with van der Waals surface area (Å²) in [5.41, 5.74) is 6.66. The Morgan fingerprint density at radius 2 is 2.00 bits per heavy atom. The summed E-state index contributed by atoms with van der Waals surface area (Å²) in [4.78, 5) is 0. The van der Waals surface area contributed by atoms with Gasteiger partial charge in [0.1, 0.15) is 0 Å². The van der Waals surface area contributed by atoms with Crippen molar-refractivity contribution < 1.29 is 0 Å². The van der Waals surface area contributed by atoms with E-state index in [1.54, 1.807) is 0 Å². The van der Waals surface area contributed by atoms with E-state index in [9.17, 15) is 0 Å². The molecular formula is C16H22. The van der Waals surface area contributed by atoms with Crippen LogP contribution in [0.3, 0.4) is 0 Å². The molecule has 0 saturated heterocycles. The van der Waals surface area contributed by atoms with E-state index < -0.39 is 0 Å². The molecular weight excluding hydrogens is 192 g/mol. The van der Waals surface area contributed by atoms with Crippen molar-refractivity contribution in [2.45, 2.75) is 40.5 Å². The summed E-state index contributed by atoms with van der Waals surface area (Å²) in [6, 6.07) is 0. The fourth-order valence-electron chi connectivity index (χ4n) is 1.96. The molecule has 0 bridgehead atoms. The molecule has 0 N–H and O–H groups in total. The molecule has 0 aromatic carbocycles. The van der Waals surface area contributed by atoms with Gasteiger partial charge >= 0.3 is 0 Å². The number of allylic oxidation sites excluding steroid dienone is 9. The molecule has 0 aromatic heterocycles. The molecule has 0 unspecified atom stereocenters. The highest BCUT2D eigenvalue weighted by Gasteiger charge is 2.11. The first-order chi connectivity index (χ1) is 7.57. The molecule has 0 saturated carbocycles. The summed E-state index contributed by atoms with van der Waals surface area (Å²) in [5, 5.41) is 0. The van der Waals surface area contributed by atoms with Crippen LogP contribution in [0.15, 0.2) is 58.7 Å². The van der Waals surface area contributed by atoms with Crippen LogP contribution in [0.2, 0.25) is 0 Å². The van der Waals surface area contributed by atoms with E-state index in [0.29, 0.717) is 0 Å². The Labute approximate surface area is 99.8 Å². The van der Waals surface area contributed by atoms with Crippen molar-refractivity contribution in [1.29, 1.82) is 0 Å². The van der Waals surface area contributed by atoms with Crippen LogP contribution in [0.4, 0.5) is 0 Å². The second kappa shape index (κ2) is 5.69. The van der Waals surface area contributed by atoms with Gasteiger partial charge in [-0.3, -0.25) is 0 Å². The van der Waals surface area contributed by atoms with Gasteiger partial charge in [0.2, 0.25) is 0 Å². The fraction of sp³-hybridized carbons (Fsp3) is 0.375. The Hall–Kier alpha value is -1.30. The zero-order valence-corrected chi connectivity index (χ0v) is 10.9. The zero-order chi connectivity index (χ0) is 12.1. The Bertz CT molecular complexity index is 398. The van der Waals surface area contributed by atoms with Gasteiger partial charge in [0.05, 0.1) is 0 Å². The van der Waals surface area contributed by atoms with Crippen molar-refractivity contribution in [3.63, 3.8) is 0 Å². The Morgan fingerprint density at radius 1 is 1.31 bits per heavy atom. The van der Waals surface area contributed by atoms with E-state index >= 15 is 0 Å². The zero-order valence-electron chi connectivity index (χ0n) is 10.9. The monoisotopic (exact) mass is 214 g/mol. The van der Waals surface area contributed by atoms with Crippen molar-refractivity contribution in [1.82, 2.24) is 0 Å². The normalized spacial score (nSPS) is 18.0. The number of hydrogen-bond acceptors (Lipinski definition) is 0. The van der Waals surface area contributed by atoms with Crippen molar-refractivity contribution in [2.75, 3.05) is 0 Å². The fourth-order valence-corrected chi connectivity index (χ4v) is 1.96. The van der Waals surface area contributed by atoms with Gasteiger partial charge in [-0.15, -0.1) is 0 Å². The van der Waals surface area contributed by atoms with Crippen LogP contribution >= 0.6 is 0 Å². The molecule has 0 heterocycles. The van der Waals surface area contributed by atoms with Gasteiger partial charge in [0, 0.05) is 0 Å². The van der Waals surface area contributed by atoms with Gasteiger partial charge in [-0.25, -0.2) is 0 Å². The van der Waals surface area contributed by atoms with Crippen LogP contribution in [0, 0.1) is 0 Å². The van der Waals surface area contributed by atoms with Gasteiger partial charge in [-0.1, -0.05) is 36.5 Å². The van der Waals surface area contributed by atoms with Crippen molar-refractivity contribution in [2.24, 2.45) is 0 Å². The quantitative estimate of drug-likeness (QED) is 0.572. The first kappa shape index (κ1) is 12.8. The Balaban J connectivity index is 3.26. The number of hydrogen-bond donors (Lipinski definition) is 0.